The minimum Gasteiger partial charge on any atom is -0.496 e. The summed E-state index contributed by atoms with van der Waals surface area (Å²) in [5, 5.41) is 10.7. The molecule has 0 amide bonds. The molecule has 1 aliphatic rings. The van der Waals surface area contributed by atoms with Gasteiger partial charge in [-0.2, -0.15) is 0 Å². The van der Waals surface area contributed by atoms with E-state index in [2.05, 4.69) is 0 Å². The first-order valence-corrected chi connectivity index (χ1v) is 5.58. The van der Waals surface area contributed by atoms with Gasteiger partial charge >= 0.3 is 0 Å². The quantitative estimate of drug-likeness (QED) is 0.820. The van der Waals surface area contributed by atoms with Crippen LogP contribution in [0.1, 0.15) is 31.7 Å². The van der Waals surface area contributed by atoms with Crippen LogP contribution < -0.4 is 4.74 Å². The number of aliphatic hydroxyl groups is 1. The van der Waals surface area contributed by atoms with Crippen molar-refractivity contribution >= 4 is 0 Å². The van der Waals surface area contributed by atoms with Crippen molar-refractivity contribution in [2.24, 2.45) is 5.92 Å². The van der Waals surface area contributed by atoms with Gasteiger partial charge in [-0.05, 0) is 31.2 Å². The largest absolute Gasteiger partial charge is 0.496 e. The zero-order valence-electron chi connectivity index (χ0n) is 9.36. The van der Waals surface area contributed by atoms with E-state index in [-0.39, 0.29) is 0 Å². The molecule has 1 saturated carbocycles. The highest BCUT2D eigenvalue weighted by molar-refractivity contribution is 5.39. The summed E-state index contributed by atoms with van der Waals surface area (Å²) in [4.78, 5) is 0. The van der Waals surface area contributed by atoms with Crippen molar-refractivity contribution in [1.82, 2.24) is 0 Å². The average molecular weight is 206 g/mol. The van der Waals surface area contributed by atoms with Crippen LogP contribution in [-0.2, 0) is 5.60 Å². The van der Waals surface area contributed by atoms with Crippen molar-refractivity contribution in [3.8, 4) is 5.75 Å². The molecule has 0 saturated heterocycles. The van der Waals surface area contributed by atoms with Gasteiger partial charge in [-0.1, -0.05) is 25.1 Å². The predicted octanol–water partition coefficient (Wildman–Crippen LogP) is 2.70. The fourth-order valence-electron chi connectivity index (χ4n) is 2.26. The lowest BCUT2D eigenvalue weighted by Gasteiger charge is -2.28. The van der Waals surface area contributed by atoms with E-state index in [9.17, 15) is 5.11 Å². The molecule has 2 nitrogen and oxygen atoms in total. The SMILES string of the molecule is CCC(O)(c1ccccc1OC)C1CC1. The van der Waals surface area contributed by atoms with E-state index in [1.807, 2.05) is 31.2 Å². The van der Waals surface area contributed by atoms with Crippen LogP contribution in [0.15, 0.2) is 24.3 Å². The fraction of sp³-hybridized carbons (Fsp3) is 0.538. The second-order valence-electron chi connectivity index (χ2n) is 4.25. The summed E-state index contributed by atoms with van der Waals surface area (Å²) < 4.78 is 5.31. The first-order valence-electron chi connectivity index (χ1n) is 5.58. The van der Waals surface area contributed by atoms with Crippen LogP contribution in [0, 0.1) is 5.92 Å². The Labute approximate surface area is 90.9 Å². The summed E-state index contributed by atoms with van der Waals surface area (Å²) in [6, 6.07) is 7.78. The Kier molecular flexibility index (Phi) is 2.70. The van der Waals surface area contributed by atoms with E-state index in [1.165, 1.54) is 0 Å². The summed E-state index contributed by atoms with van der Waals surface area (Å²) in [5.74, 6) is 1.22. The van der Waals surface area contributed by atoms with Crippen LogP contribution in [0.4, 0.5) is 0 Å². The molecule has 1 unspecified atom stereocenters. The van der Waals surface area contributed by atoms with E-state index < -0.39 is 5.60 Å². The number of methoxy groups -OCH3 is 1. The standard InChI is InChI=1S/C13H18O2/c1-3-13(14,10-8-9-10)11-6-4-5-7-12(11)15-2/h4-7,10,14H,3,8-9H2,1-2H3. The molecule has 0 heterocycles. The highest BCUT2D eigenvalue weighted by atomic mass is 16.5. The van der Waals surface area contributed by atoms with Gasteiger partial charge < -0.3 is 9.84 Å². The molecule has 82 valence electrons. The average Bonchev–Trinajstić information content (AvgIpc) is 3.12. The normalized spacial score (nSPS) is 19.7. The number of rotatable bonds is 4. The monoisotopic (exact) mass is 206 g/mol. The predicted molar refractivity (Wildman–Crippen MR) is 59.9 cm³/mol. The molecule has 0 bridgehead atoms. The molecule has 0 aromatic heterocycles. The van der Waals surface area contributed by atoms with Gasteiger partial charge in [0.2, 0.25) is 0 Å². The minimum atomic E-state index is -0.688. The Bertz CT molecular complexity index is 344. The molecule has 1 aromatic rings. The molecule has 0 radical (unpaired) electrons. The van der Waals surface area contributed by atoms with E-state index in [4.69, 9.17) is 4.74 Å². The third kappa shape index (κ3) is 1.74. The second kappa shape index (κ2) is 3.86. The van der Waals surface area contributed by atoms with Crippen molar-refractivity contribution in [3.63, 3.8) is 0 Å². The lowest BCUT2D eigenvalue weighted by molar-refractivity contribution is 0.00677. The van der Waals surface area contributed by atoms with Crippen LogP contribution in [-0.4, -0.2) is 12.2 Å². The van der Waals surface area contributed by atoms with Crippen molar-refractivity contribution < 1.29 is 9.84 Å². The fourth-order valence-corrected chi connectivity index (χ4v) is 2.26. The molecule has 1 N–H and O–H groups in total. The van der Waals surface area contributed by atoms with Gasteiger partial charge in [-0.15, -0.1) is 0 Å². The third-order valence-electron chi connectivity index (χ3n) is 3.37. The zero-order chi connectivity index (χ0) is 10.9. The molecule has 15 heavy (non-hydrogen) atoms. The van der Waals surface area contributed by atoms with Crippen LogP contribution in [0.5, 0.6) is 5.75 Å². The molecule has 2 rings (SSSR count). The number of benzene rings is 1. The Morgan fingerprint density at radius 1 is 1.40 bits per heavy atom. The van der Waals surface area contributed by atoms with E-state index in [0.29, 0.717) is 5.92 Å². The number of hydrogen-bond donors (Lipinski definition) is 1. The van der Waals surface area contributed by atoms with Gasteiger partial charge in [-0.25, -0.2) is 0 Å². The molecule has 1 fully saturated rings. The Balaban J connectivity index is 2.41. The second-order valence-corrected chi connectivity index (χ2v) is 4.25. The van der Waals surface area contributed by atoms with Crippen molar-refractivity contribution in [3.05, 3.63) is 29.8 Å². The van der Waals surface area contributed by atoms with Gasteiger partial charge in [0.05, 0.1) is 12.7 Å². The highest BCUT2D eigenvalue weighted by Gasteiger charge is 2.44. The molecular formula is C13H18O2. The highest BCUT2D eigenvalue weighted by Crippen LogP contribution is 2.49. The van der Waals surface area contributed by atoms with E-state index in [1.54, 1.807) is 7.11 Å². The molecule has 1 aliphatic carbocycles. The molecule has 1 atom stereocenters. The van der Waals surface area contributed by atoms with Crippen LogP contribution >= 0.6 is 0 Å². The third-order valence-corrected chi connectivity index (χ3v) is 3.37. The van der Waals surface area contributed by atoms with Crippen molar-refractivity contribution in [1.29, 1.82) is 0 Å². The maximum absolute atomic E-state index is 10.7. The topological polar surface area (TPSA) is 29.5 Å². The van der Waals surface area contributed by atoms with Gasteiger partial charge in [-0.3, -0.25) is 0 Å². The molecule has 0 aliphatic heterocycles. The Hall–Kier alpha value is -1.02. The molecule has 1 aromatic carbocycles. The van der Waals surface area contributed by atoms with Gasteiger partial charge in [0.25, 0.3) is 0 Å². The van der Waals surface area contributed by atoms with Gasteiger partial charge in [0.1, 0.15) is 5.75 Å². The maximum atomic E-state index is 10.7. The Morgan fingerprint density at radius 2 is 2.07 bits per heavy atom. The van der Waals surface area contributed by atoms with Crippen LogP contribution in [0.2, 0.25) is 0 Å². The minimum absolute atomic E-state index is 0.416. The van der Waals surface area contributed by atoms with Crippen LogP contribution in [0.25, 0.3) is 0 Å². The summed E-state index contributed by atoms with van der Waals surface area (Å²) >= 11 is 0. The van der Waals surface area contributed by atoms with Gasteiger partial charge in [0.15, 0.2) is 0 Å². The zero-order valence-corrected chi connectivity index (χ0v) is 9.36. The van der Waals surface area contributed by atoms with Crippen molar-refractivity contribution in [2.75, 3.05) is 7.11 Å². The lowest BCUT2D eigenvalue weighted by Crippen LogP contribution is -2.27. The van der Waals surface area contributed by atoms with Gasteiger partial charge in [0, 0.05) is 5.56 Å². The number of para-hydroxylation sites is 1. The molecule has 2 heteroatoms. The first-order chi connectivity index (χ1) is 7.22. The number of ether oxygens (including phenoxy) is 1. The summed E-state index contributed by atoms with van der Waals surface area (Å²) in [6.45, 7) is 2.03. The Morgan fingerprint density at radius 3 is 2.60 bits per heavy atom. The van der Waals surface area contributed by atoms with Crippen LogP contribution in [0.3, 0.4) is 0 Å². The smallest absolute Gasteiger partial charge is 0.124 e. The van der Waals surface area contributed by atoms with Crippen molar-refractivity contribution in [2.45, 2.75) is 31.8 Å². The summed E-state index contributed by atoms with van der Waals surface area (Å²) in [5.41, 5.74) is 0.254. The molecule has 0 spiro atoms. The summed E-state index contributed by atoms with van der Waals surface area (Å²) in [7, 11) is 1.65. The van der Waals surface area contributed by atoms with E-state index in [0.717, 1.165) is 30.6 Å². The number of hydrogen-bond acceptors (Lipinski definition) is 2. The first kappa shape index (κ1) is 10.5. The summed E-state index contributed by atoms with van der Waals surface area (Å²) in [6.07, 6.45) is 3.00. The maximum Gasteiger partial charge on any atom is 0.124 e. The lowest BCUT2D eigenvalue weighted by atomic mass is 9.86. The molecular weight excluding hydrogens is 188 g/mol. The van der Waals surface area contributed by atoms with E-state index >= 15 is 0 Å².